The quantitative estimate of drug-likeness (QED) is 0.852. The van der Waals surface area contributed by atoms with E-state index in [-0.39, 0.29) is 6.04 Å². The smallest absolute Gasteiger partial charge is 0.125 e. The van der Waals surface area contributed by atoms with Crippen molar-refractivity contribution in [3.05, 3.63) is 23.8 Å². The molecule has 3 heteroatoms. The zero-order valence-electron chi connectivity index (χ0n) is 12.7. The van der Waals surface area contributed by atoms with Gasteiger partial charge in [0.15, 0.2) is 0 Å². The number of anilines is 1. The number of benzene rings is 1. The van der Waals surface area contributed by atoms with E-state index in [0.717, 1.165) is 24.1 Å². The highest BCUT2D eigenvalue weighted by molar-refractivity contribution is 5.60. The van der Waals surface area contributed by atoms with E-state index in [1.165, 1.54) is 17.7 Å². The molecule has 0 spiro atoms. The minimum Gasteiger partial charge on any atom is -0.496 e. The number of rotatable bonds is 6. The van der Waals surface area contributed by atoms with Gasteiger partial charge in [0.05, 0.1) is 7.11 Å². The number of hydrogen-bond acceptors (Lipinski definition) is 3. The van der Waals surface area contributed by atoms with E-state index in [0.29, 0.717) is 0 Å². The molecule has 0 amide bonds. The lowest BCUT2D eigenvalue weighted by atomic mass is 10.0. The first kappa shape index (κ1) is 14.2. The second-order valence-electron chi connectivity index (χ2n) is 5.76. The van der Waals surface area contributed by atoms with E-state index < -0.39 is 0 Å². The molecular weight excluding hydrogens is 236 g/mol. The third-order valence-electron chi connectivity index (χ3n) is 4.32. The van der Waals surface area contributed by atoms with E-state index in [2.05, 4.69) is 43.2 Å². The third kappa shape index (κ3) is 3.03. The maximum atomic E-state index is 5.53. The van der Waals surface area contributed by atoms with Crippen molar-refractivity contribution in [2.75, 3.05) is 32.6 Å². The van der Waals surface area contributed by atoms with Crippen molar-refractivity contribution in [3.8, 4) is 5.75 Å². The molecule has 1 aliphatic carbocycles. The lowest BCUT2D eigenvalue weighted by Gasteiger charge is -2.26. The van der Waals surface area contributed by atoms with Crippen molar-refractivity contribution in [1.29, 1.82) is 0 Å². The van der Waals surface area contributed by atoms with Gasteiger partial charge in [-0.05, 0) is 44.4 Å². The summed E-state index contributed by atoms with van der Waals surface area (Å²) >= 11 is 0. The number of nitrogens with zero attached hydrogens (tertiary/aromatic N) is 1. The molecular formula is C16H26N2O. The van der Waals surface area contributed by atoms with Gasteiger partial charge in [-0.3, -0.25) is 0 Å². The van der Waals surface area contributed by atoms with Gasteiger partial charge in [0.2, 0.25) is 0 Å². The third-order valence-corrected chi connectivity index (χ3v) is 4.32. The normalized spacial score (nSPS) is 23.0. The summed E-state index contributed by atoms with van der Waals surface area (Å²) in [6.45, 7) is 5.65. The second-order valence-corrected chi connectivity index (χ2v) is 5.76. The second kappa shape index (κ2) is 5.83. The van der Waals surface area contributed by atoms with Crippen molar-refractivity contribution in [2.24, 2.45) is 11.8 Å². The summed E-state index contributed by atoms with van der Waals surface area (Å²) in [5, 5.41) is 3.32. The van der Waals surface area contributed by atoms with Crippen LogP contribution >= 0.6 is 0 Å². The number of ether oxygens (including phenoxy) is 1. The molecule has 0 aromatic heterocycles. The van der Waals surface area contributed by atoms with Crippen LogP contribution in [0.2, 0.25) is 0 Å². The summed E-state index contributed by atoms with van der Waals surface area (Å²) < 4.78 is 5.53. The van der Waals surface area contributed by atoms with Gasteiger partial charge in [-0.25, -0.2) is 0 Å². The lowest BCUT2D eigenvalue weighted by molar-refractivity contribution is 0.404. The Hall–Kier alpha value is -1.22. The van der Waals surface area contributed by atoms with Crippen LogP contribution in [0.3, 0.4) is 0 Å². The minimum atomic E-state index is 0.283. The Labute approximate surface area is 116 Å². The predicted molar refractivity (Wildman–Crippen MR) is 81.0 cm³/mol. The van der Waals surface area contributed by atoms with Crippen LogP contribution in [0.15, 0.2) is 18.2 Å². The van der Waals surface area contributed by atoms with Crippen LogP contribution in [0.1, 0.15) is 31.9 Å². The van der Waals surface area contributed by atoms with Crippen LogP contribution in [0.25, 0.3) is 0 Å². The van der Waals surface area contributed by atoms with E-state index >= 15 is 0 Å². The van der Waals surface area contributed by atoms with Crippen LogP contribution in [-0.2, 0) is 0 Å². The van der Waals surface area contributed by atoms with Crippen LogP contribution < -0.4 is 15.0 Å². The zero-order chi connectivity index (χ0) is 14.0. The standard InChI is InChI=1S/C16H26N2O/c1-11-9-13(11)10-18(4)14-7-6-8-15(19-5)16(14)12(2)17-3/h6-8,11-13,17H,9-10H2,1-5H3. The van der Waals surface area contributed by atoms with Gasteiger partial charge < -0.3 is 15.0 Å². The average molecular weight is 262 g/mol. The molecule has 0 saturated heterocycles. The Kier molecular flexibility index (Phi) is 4.35. The van der Waals surface area contributed by atoms with Crippen molar-refractivity contribution >= 4 is 5.69 Å². The minimum absolute atomic E-state index is 0.283. The summed E-state index contributed by atoms with van der Waals surface area (Å²) in [5.74, 6) is 2.71. The average Bonchev–Trinajstić information content (AvgIpc) is 3.12. The van der Waals surface area contributed by atoms with Gasteiger partial charge in [-0.15, -0.1) is 0 Å². The Morgan fingerprint density at radius 1 is 1.47 bits per heavy atom. The number of hydrogen-bond donors (Lipinski definition) is 1. The van der Waals surface area contributed by atoms with Crippen molar-refractivity contribution in [2.45, 2.75) is 26.3 Å². The Balaban J connectivity index is 2.27. The fourth-order valence-corrected chi connectivity index (χ4v) is 2.73. The molecule has 1 N–H and O–H groups in total. The molecule has 0 bridgehead atoms. The molecule has 106 valence electrons. The van der Waals surface area contributed by atoms with Crippen molar-refractivity contribution < 1.29 is 4.74 Å². The molecule has 0 radical (unpaired) electrons. The molecule has 0 aliphatic heterocycles. The maximum absolute atomic E-state index is 5.53. The van der Waals surface area contributed by atoms with Crippen LogP contribution in [0.5, 0.6) is 5.75 Å². The van der Waals surface area contributed by atoms with Gasteiger partial charge in [-0.2, -0.15) is 0 Å². The summed E-state index contributed by atoms with van der Waals surface area (Å²) in [4.78, 5) is 2.37. The predicted octanol–water partition coefficient (Wildman–Crippen LogP) is 3.07. The van der Waals surface area contributed by atoms with E-state index in [4.69, 9.17) is 4.74 Å². The molecule has 0 heterocycles. The van der Waals surface area contributed by atoms with Gasteiger partial charge in [0.1, 0.15) is 5.75 Å². The highest BCUT2D eigenvalue weighted by atomic mass is 16.5. The fraction of sp³-hybridized carbons (Fsp3) is 0.625. The van der Waals surface area contributed by atoms with Crippen LogP contribution in [0.4, 0.5) is 5.69 Å². The SMILES string of the molecule is CNC(C)c1c(OC)cccc1N(C)CC1CC1C. The first-order chi connectivity index (χ1) is 9.08. The molecule has 2 rings (SSSR count). The maximum Gasteiger partial charge on any atom is 0.125 e. The Morgan fingerprint density at radius 2 is 2.16 bits per heavy atom. The summed E-state index contributed by atoms with van der Waals surface area (Å²) in [6.07, 6.45) is 1.37. The Bertz CT molecular complexity index is 433. The largest absolute Gasteiger partial charge is 0.496 e. The molecule has 1 fully saturated rings. The van der Waals surface area contributed by atoms with E-state index in [9.17, 15) is 0 Å². The van der Waals surface area contributed by atoms with Gasteiger partial charge in [-0.1, -0.05) is 13.0 Å². The monoisotopic (exact) mass is 262 g/mol. The van der Waals surface area contributed by atoms with Crippen LogP contribution in [0, 0.1) is 11.8 Å². The molecule has 1 aliphatic rings. The molecule has 3 atom stereocenters. The number of nitrogens with one attached hydrogen (secondary N) is 1. The molecule has 3 unspecified atom stereocenters. The topological polar surface area (TPSA) is 24.5 Å². The summed E-state index contributed by atoms with van der Waals surface area (Å²) in [7, 11) is 5.92. The van der Waals surface area contributed by atoms with E-state index in [1.807, 2.05) is 13.1 Å². The molecule has 1 saturated carbocycles. The van der Waals surface area contributed by atoms with Gasteiger partial charge in [0.25, 0.3) is 0 Å². The molecule has 3 nitrogen and oxygen atoms in total. The highest BCUT2D eigenvalue weighted by Crippen LogP contribution is 2.40. The van der Waals surface area contributed by atoms with E-state index in [1.54, 1.807) is 7.11 Å². The molecule has 19 heavy (non-hydrogen) atoms. The van der Waals surface area contributed by atoms with Crippen molar-refractivity contribution in [1.82, 2.24) is 5.32 Å². The highest BCUT2D eigenvalue weighted by Gasteiger charge is 2.33. The number of methoxy groups -OCH3 is 1. The molecule has 1 aromatic carbocycles. The summed E-state index contributed by atoms with van der Waals surface area (Å²) in [5.41, 5.74) is 2.53. The first-order valence-electron chi connectivity index (χ1n) is 7.13. The van der Waals surface area contributed by atoms with Gasteiger partial charge >= 0.3 is 0 Å². The molecule has 1 aromatic rings. The van der Waals surface area contributed by atoms with Crippen molar-refractivity contribution in [3.63, 3.8) is 0 Å². The Morgan fingerprint density at radius 3 is 2.68 bits per heavy atom. The van der Waals surface area contributed by atoms with Crippen LogP contribution in [-0.4, -0.2) is 27.7 Å². The first-order valence-corrected chi connectivity index (χ1v) is 7.13. The van der Waals surface area contributed by atoms with Gasteiger partial charge in [0, 0.05) is 30.9 Å². The summed E-state index contributed by atoms with van der Waals surface area (Å²) in [6, 6.07) is 6.59. The zero-order valence-corrected chi connectivity index (χ0v) is 12.7. The lowest BCUT2D eigenvalue weighted by Crippen LogP contribution is -2.24. The fourth-order valence-electron chi connectivity index (χ4n) is 2.73.